The van der Waals surface area contributed by atoms with Gasteiger partial charge >= 0.3 is 6.03 Å². The normalized spacial score (nSPS) is 22.1. The number of amides is 2. The summed E-state index contributed by atoms with van der Waals surface area (Å²) in [5, 5.41) is 4.17. The Balaban J connectivity index is 1.67. The summed E-state index contributed by atoms with van der Waals surface area (Å²) in [7, 11) is 0. The number of hydrogen-bond acceptors (Lipinski definition) is 3. The minimum absolute atomic E-state index is 0.118. The maximum absolute atomic E-state index is 10.8. The maximum Gasteiger partial charge on any atom is 0.312 e. The summed E-state index contributed by atoms with van der Waals surface area (Å²) in [6.07, 6.45) is 7.00. The van der Waals surface area contributed by atoms with E-state index < -0.39 is 6.03 Å². The van der Waals surface area contributed by atoms with Crippen LogP contribution in [0.1, 0.15) is 25.7 Å². The van der Waals surface area contributed by atoms with E-state index in [2.05, 4.69) is 15.3 Å². The summed E-state index contributed by atoms with van der Waals surface area (Å²) in [4.78, 5) is 18.1. The lowest BCUT2D eigenvalue weighted by Crippen LogP contribution is -2.42. The van der Waals surface area contributed by atoms with Crippen molar-refractivity contribution in [3.05, 3.63) is 23.5 Å². The zero-order chi connectivity index (χ0) is 14.8. The van der Waals surface area contributed by atoms with Gasteiger partial charge in [-0.25, -0.2) is 9.78 Å². The van der Waals surface area contributed by atoms with Crippen LogP contribution in [-0.2, 0) is 0 Å². The molecule has 1 aliphatic rings. The molecule has 1 saturated carbocycles. The molecule has 2 aromatic rings. The van der Waals surface area contributed by atoms with Gasteiger partial charge in [0.15, 0.2) is 0 Å². The highest BCUT2D eigenvalue weighted by atomic mass is 35.5. The summed E-state index contributed by atoms with van der Waals surface area (Å²) in [6, 6.07) is 1.51. The number of H-pyrrole nitrogens is 1. The van der Waals surface area contributed by atoms with E-state index in [-0.39, 0.29) is 12.1 Å². The Morgan fingerprint density at radius 1 is 1.43 bits per heavy atom. The van der Waals surface area contributed by atoms with E-state index in [4.69, 9.17) is 22.1 Å². The highest BCUT2D eigenvalue weighted by Crippen LogP contribution is 2.33. The molecule has 0 spiro atoms. The van der Waals surface area contributed by atoms with Gasteiger partial charge in [0.05, 0.1) is 16.5 Å². The molecule has 0 radical (unpaired) electrons. The number of aromatic nitrogens is 2. The molecular weight excluding hydrogens is 292 g/mol. The molecule has 0 unspecified atom stereocenters. The maximum atomic E-state index is 10.8. The standard InChI is InChI=1S/C14H17ClN4O2/c15-10-7-18-13-12(10)11(5-6-17-13)21-9-3-1-8(2-4-9)19-14(16)20/h5-9H,1-4H2,(H,17,18)(H3,16,19,20). The molecule has 0 aromatic carbocycles. The van der Waals surface area contributed by atoms with Crippen molar-refractivity contribution in [1.82, 2.24) is 15.3 Å². The van der Waals surface area contributed by atoms with Gasteiger partial charge in [-0.05, 0) is 31.7 Å². The molecule has 0 aliphatic heterocycles. The number of ether oxygens (including phenoxy) is 1. The third-order valence-electron chi connectivity index (χ3n) is 3.80. The quantitative estimate of drug-likeness (QED) is 0.813. The van der Waals surface area contributed by atoms with E-state index in [9.17, 15) is 4.79 Å². The van der Waals surface area contributed by atoms with Crippen LogP contribution in [0.15, 0.2) is 18.5 Å². The average Bonchev–Trinajstić information content (AvgIpc) is 2.83. The zero-order valence-electron chi connectivity index (χ0n) is 11.4. The number of carbonyl (C=O) groups excluding carboxylic acids is 1. The van der Waals surface area contributed by atoms with Gasteiger partial charge in [-0.2, -0.15) is 0 Å². The molecule has 112 valence electrons. The topological polar surface area (TPSA) is 93.0 Å². The zero-order valence-corrected chi connectivity index (χ0v) is 12.2. The predicted octanol–water partition coefficient (Wildman–Crippen LogP) is 2.57. The van der Waals surface area contributed by atoms with Crippen LogP contribution in [0.25, 0.3) is 11.0 Å². The molecule has 1 aliphatic carbocycles. The first-order chi connectivity index (χ1) is 10.1. The van der Waals surface area contributed by atoms with Gasteiger partial charge < -0.3 is 20.8 Å². The lowest BCUT2D eigenvalue weighted by atomic mass is 9.93. The molecule has 21 heavy (non-hydrogen) atoms. The van der Waals surface area contributed by atoms with Crippen LogP contribution < -0.4 is 15.8 Å². The predicted molar refractivity (Wildman–Crippen MR) is 80.5 cm³/mol. The monoisotopic (exact) mass is 308 g/mol. The van der Waals surface area contributed by atoms with Gasteiger partial charge in [-0.15, -0.1) is 0 Å². The number of primary amides is 1. The number of rotatable bonds is 3. The van der Waals surface area contributed by atoms with E-state index in [1.54, 1.807) is 12.4 Å². The number of carbonyl (C=O) groups is 1. The SMILES string of the molecule is NC(=O)NC1CCC(Oc2ccnc3[nH]cc(Cl)c23)CC1. The molecule has 6 nitrogen and oxygen atoms in total. The van der Waals surface area contributed by atoms with Crippen LogP contribution in [0, 0.1) is 0 Å². The molecule has 4 N–H and O–H groups in total. The third kappa shape index (κ3) is 3.05. The Hall–Kier alpha value is -1.95. The number of nitrogens with two attached hydrogens (primary N) is 1. The molecule has 2 amide bonds. The lowest BCUT2D eigenvalue weighted by molar-refractivity contribution is 0.142. The fourth-order valence-electron chi connectivity index (χ4n) is 2.79. The number of fused-ring (bicyclic) bond motifs is 1. The second-order valence-electron chi connectivity index (χ2n) is 5.27. The molecule has 2 aromatic heterocycles. The molecule has 0 saturated heterocycles. The van der Waals surface area contributed by atoms with Gasteiger partial charge in [0, 0.05) is 18.4 Å². The van der Waals surface area contributed by atoms with Crippen LogP contribution in [0.4, 0.5) is 4.79 Å². The van der Waals surface area contributed by atoms with Crippen molar-refractivity contribution in [3.63, 3.8) is 0 Å². The fourth-order valence-corrected chi connectivity index (χ4v) is 3.03. The summed E-state index contributed by atoms with van der Waals surface area (Å²) in [6.45, 7) is 0. The van der Waals surface area contributed by atoms with E-state index >= 15 is 0 Å². The minimum atomic E-state index is -0.464. The molecule has 7 heteroatoms. The van der Waals surface area contributed by atoms with Gasteiger partial charge in [0.2, 0.25) is 0 Å². The van der Waals surface area contributed by atoms with Crippen LogP contribution in [0.2, 0.25) is 5.02 Å². The number of urea groups is 1. The number of pyridine rings is 1. The Morgan fingerprint density at radius 2 is 2.19 bits per heavy atom. The van der Waals surface area contributed by atoms with Crippen molar-refractivity contribution in [2.75, 3.05) is 0 Å². The summed E-state index contributed by atoms with van der Waals surface area (Å²) >= 11 is 6.16. The molecule has 2 heterocycles. The molecule has 0 atom stereocenters. The molecule has 3 rings (SSSR count). The Morgan fingerprint density at radius 3 is 2.90 bits per heavy atom. The first-order valence-corrected chi connectivity index (χ1v) is 7.35. The number of nitrogens with one attached hydrogen (secondary N) is 2. The Labute approximate surface area is 127 Å². The highest BCUT2D eigenvalue weighted by molar-refractivity contribution is 6.35. The lowest BCUT2D eigenvalue weighted by Gasteiger charge is -2.29. The van der Waals surface area contributed by atoms with Crippen LogP contribution in [0.5, 0.6) is 5.75 Å². The summed E-state index contributed by atoms with van der Waals surface area (Å²) in [5.74, 6) is 0.748. The van der Waals surface area contributed by atoms with Crippen LogP contribution >= 0.6 is 11.6 Å². The van der Waals surface area contributed by atoms with E-state index in [1.807, 2.05) is 6.07 Å². The largest absolute Gasteiger partial charge is 0.490 e. The summed E-state index contributed by atoms with van der Waals surface area (Å²) in [5.41, 5.74) is 5.87. The number of halogens is 1. The van der Waals surface area contributed by atoms with Gasteiger partial charge in [0.25, 0.3) is 0 Å². The van der Waals surface area contributed by atoms with Crippen molar-refractivity contribution in [2.24, 2.45) is 5.73 Å². The fraction of sp³-hybridized carbons (Fsp3) is 0.429. The minimum Gasteiger partial charge on any atom is -0.490 e. The Kier molecular flexibility index (Phi) is 3.88. The number of aromatic amines is 1. The van der Waals surface area contributed by atoms with Crippen molar-refractivity contribution in [2.45, 2.75) is 37.8 Å². The van der Waals surface area contributed by atoms with Gasteiger partial charge in [-0.1, -0.05) is 11.6 Å². The smallest absolute Gasteiger partial charge is 0.312 e. The van der Waals surface area contributed by atoms with Crippen LogP contribution in [-0.4, -0.2) is 28.1 Å². The van der Waals surface area contributed by atoms with Gasteiger partial charge in [-0.3, -0.25) is 0 Å². The highest BCUT2D eigenvalue weighted by Gasteiger charge is 2.24. The van der Waals surface area contributed by atoms with Crippen molar-refractivity contribution >= 4 is 28.7 Å². The Bertz CT molecular complexity index is 649. The van der Waals surface area contributed by atoms with Crippen LogP contribution in [0.3, 0.4) is 0 Å². The van der Waals surface area contributed by atoms with Crippen molar-refractivity contribution < 1.29 is 9.53 Å². The second-order valence-corrected chi connectivity index (χ2v) is 5.68. The van der Waals surface area contributed by atoms with Gasteiger partial charge in [0.1, 0.15) is 11.4 Å². The summed E-state index contributed by atoms with van der Waals surface area (Å²) < 4.78 is 6.07. The average molecular weight is 309 g/mol. The first-order valence-electron chi connectivity index (χ1n) is 6.97. The van der Waals surface area contributed by atoms with E-state index in [0.29, 0.717) is 5.02 Å². The molecule has 0 bridgehead atoms. The van der Waals surface area contributed by atoms with E-state index in [1.165, 1.54) is 0 Å². The van der Waals surface area contributed by atoms with Crippen molar-refractivity contribution in [3.8, 4) is 5.75 Å². The first kappa shape index (κ1) is 14.0. The second kappa shape index (κ2) is 5.81. The molecular formula is C14H17ClN4O2. The van der Waals surface area contributed by atoms with Crippen molar-refractivity contribution in [1.29, 1.82) is 0 Å². The van der Waals surface area contributed by atoms with E-state index in [0.717, 1.165) is 42.5 Å². The number of nitrogens with zero attached hydrogens (tertiary/aromatic N) is 1. The third-order valence-corrected chi connectivity index (χ3v) is 4.10. The number of hydrogen-bond donors (Lipinski definition) is 3. The molecule has 1 fully saturated rings.